The van der Waals surface area contributed by atoms with E-state index in [4.69, 9.17) is 17.3 Å². The molecule has 2 rings (SSSR count). The maximum atomic E-state index is 12.2. The summed E-state index contributed by atoms with van der Waals surface area (Å²) < 4.78 is 28.5. The Bertz CT molecular complexity index is 540. The molecule has 7 heteroatoms. The third-order valence-electron chi connectivity index (χ3n) is 3.15. The van der Waals surface area contributed by atoms with Crippen LogP contribution in [0.3, 0.4) is 0 Å². The van der Waals surface area contributed by atoms with E-state index >= 15 is 0 Å². The lowest BCUT2D eigenvalue weighted by molar-refractivity contribution is 0.427. The van der Waals surface area contributed by atoms with Crippen LogP contribution in [0.4, 0.5) is 11.4 Å². The van der Waals surface area contributed by atoms with Gasteiger partial charge in [0, 0.05) is 13.1 Å². The van der Waals surface area contributed by atoms with Gasteiger partial charge in [0.25, 0.3) is 0 Å². The molecule has 1 aliphatic rings. The van der Waals surface area contributed by atoms with Crippen LogP contribution in [0, 0.1) is 0 Å². The average Bonchev–Trinajstić information content (AvgIpc) is 2.63. The van der Waals surface area contributed by atoms with Crippen molar-refractivity contribution in [2.75, 3.05) is 23.5 Å². The topological polar surface area (TPSA) is 75.4 Å². The summed E-state index contributed by atoms with van der Waals surface area (Å²) >= 11 is 5.88. The number of anilines is 2. The highest BCUT2D eigenvalue weighted by molar-refractivity contribution is 7.90. The molecule has 0 unspecified atom stereocenters. The molecule has 0 aliphatic carbocycles. The number of rotatable bonds is 3. The Morgan fingerprint density at radius 2 is 1.79 bits per heavy atom. The van der Waals surface area contributed by atoms with Gasteiger partial charge in [-0.2, -0.15) is 12.7 Å². The zero-order chi connectivity index (χ0) is 13.9. The normalized spacial score (nSPS) is 17.9. The largest absolute Gasteiger partial charge is 0.398 e. The molecular weight excluding hydrogens is 286 g/mol. The summed E-state index contributed by atoms with van der Waals surface area (Å²) in [5, 5.41) is 0.344. The number of nitrogens with zero attached hydrogens (tertiary/aromatic N) is 1. The van der Waals surface area contributed by atoms with Crippen LogP contribution >= 0.6 is 11.6 Å². The molecule has 0 radical (unpaired) electrons. The molecule has 106 valence electrons. The predicted octanol–water partition coefficient (Wildman–Crippen LogP) is 2.45. The SMILES string of the molecule is Nc1ccc(NS(=O)(=O)N2CCCCCC2)cc1Cl. The maximum Gasteiger partial charge on any atom is 0.301 e. The van der Waals surface area contributed by atoms with Crippen molar-refractivity contribution in [2.24, 2.45) is 0 Å². The van der Waals surface area contributed by atoms with Crippen LogP contribution in [0.15, 0.2) is 18.2 Å². The fourth-order valence-electron chi connectivity index (χ4n) is 2.09. The molecule has 1 aliphatic heterocycles. The fourth-order valence-corrected chi connectivity index (χ4v) is 3.56. The molecule has 0 spiro atoms. The van der Waals surface area contributed by atoms with E-state index < -0.39 is 10.2 Å². The Labute approximate surface area is 118 Å². The van der Waals surface area contributed by atoms with Crippen molar-refractivity contribution in [1.82, 2.24) is 4.31 Å². The van der Waals surface area contributed by atoms with E-state index in [0.717, 1.165) is 25.7 Å². The van der Waals surface area contributed by atoms with Gasteiger partial charge in [-0.3, -0.25) is 4.72 Å². The number of hydrogen-bond acceptors (Lipinski definition) is 3. The van der Waals surface area contributed by atoms with Crippen LogP contribution in [0.2, 0.25) is 5.02 Å². The quantitative estimate of drug-likeness (QED) is 0.842. The van der Waals surface area contributed by atoms with Crippen molar-refractivity contribution >= 4 is 33.2 Å². The third-order valence-corrected chi connectivity index (χ3v) is 5.02. The van der Waals surface area contributed by atoms with E-state index in [1.807, 2.05) is 0 Å². The zero-order valence-corrected chi connectivity index (χ0v) is 12.2. The lowest BCUT2D eigenvalue weighted by Gasteiger charge is -2.20. The number of hydrogen-bond donors (Lipinski definition) is 2. The first-order valence-corrected chi connectivity index (χ1v) is 8.14. The first-order chi connectivity index (χ1) is 8.99. The molecule has 1 aromatic rings. The Balaban J connectivity index is 2.13. The van der Waals surface area contributed by atoms with Crippen molar-refractivity contribution in [1.29, 1.82) is 0 Å². The lowest BCUT2D eigenvalue weighted by atomic mass is 10.2. The molecule has 1 heterocycles. The average molecular weight is 304 g/mol. The third kappa shape index (κ3) is 3.75. The van der Waals surface area contributed by atoms with Gasteiger partial charge in [0.15, 0.2) is 0 Å². The molecule has 0 atom stereocenters. The number of nitrogens with two attached hydrogens (primary N) is 1. The molecule has 0 amide bonds. The smallest absolute Gasteiger partial charge is 0.301 e. The summed E-state index contributed by atoms with van der Waals surface area (Å²) in [6.45, 7) is 1.13. The second-order valence-electron chi connectivity index (χ2n) is 4.66. The Kier molecular flexibility index (Phi) is 4.54. The van der Waals surface area contributed by atoms with Gasteiger partial charge in [-0.25, -0.2) is 0 Å². The summed E-state index contributed by atoms with van der Waals surface area (Å²) in [4.78, 5) is 0. The first-order valence-electron chi connectivity index (χ1n) is 6.32. The van der Waals surface area contributed by atoms with Gasteiger partial charge in [-0.15, -0.1) is 0 Å². The van der Waals surface area contributed by atoms with Crippen molar-refractivity contribution in [3.05, 3.63) is 23.2 Å². The summed E-state index contributed by atoms with van der Waals surface area (Å²) in [7, 11) is -3.51. The summed E-state index contributed by atoms with van der Waals surface area (Å²) in [6.07, 6.45) is 3.98. The molecule has 0 aromatic heterocycles. The molecule has 0 saturated carbocycles. The summed E-state index contributed by atoms with van der Waals surface area (Å²) in [5.74, 6) is 0. The molecule has 19 heavy (non-hydrogen) atoms. The second-order valence-corrected chi connectivity index (χ2v) is 6.73. The van der Waals surface area contributed by atoms with Gasteiger partial charge in [-0.05, 0) is 31.0 Å². The number of nitrogens with one attached hydrogen (secondary N) is 1. The molecule has 1 aromatic carbocycles. The van der Waals surface area contributed by atoms with E-state index in [0.29, 0.717) is 29.5 Å². The van der Waals surface area contributed by atoms with Crippen molar-refractivity contribution in [3.8, 4) is 0 Å². The molecular formula is C12H18ClN3O2S. The van der Waals surface area contributed by atoms with Crippen LogP contribution < -0.4 is 10.5 Å². The van der Waals surface area contributed by atoms with Gasteiger partial charge in [0.1, 0.15) is 0 Å². The standard InChI is InChI=1S/C12H18ClN3O2S/c13-11-9-10(5-6-12(11)14)15-19(17,18)16-7-3-1-2-4-8-16/h5-6,9,15H,1-4,7-8,14H2. The van der Waals surface area contributed by atoms with Gasteiger partial charge < -0.3 is 5.73 Å². The van der Waals surface area contributed by atoms with Crippen LogP contribution in [-0.4, -0.2) is 25.8 Å². The highest BCUT2D eigenvalue weighted by Crippen LogP contribution is 2.24. The van der Waals surface area contributed by atoms with Gasteiger partial charge >= 0.3 is 10.2 Å². The van der Waals surface area contributed by atoms with Crippen LogP contribution in [0.5, 0.6) is 0 Å². The van der Waals surface area contributed by atoms with Crippen LogP contribution in [-0.2, 0) is 10.2 Å². The van der Waals surface area contributed by atoms with Gasteiger partial charge in [0.05, 0.1) is 16.4 Å². The van der Waals surface area contributed by atoms with Crippen LogP contribution in [0.25, 0.3) is 0 Å². The van der Waals surface area contributed by atoms with Gasteiger partial charge in [-0.1, -0.05) is 24.4 Å². The highest BCUT2D eigenvalue weighted by atomic mass is 35.5. The molecule has 5 nitrogen and oxygen atoms in total. The van der Waals surface area contributed by atoms with E-state index in [1.54, 1.807) is 12.1 Å². The number of nitrogen functional groups attached to an aromatic ring is 1. The zero-order valence-electron chi connectivity index (χ0n) is 10.6. The second kappa shape index (κ2) is 5.98. The summed E-state index contributed by atoms with van der Waals surface area (Å²) in [6, 6.07) is 4.71. The first kappa shape index (κ1) is 14.4. The summed E-state index contributed by atoms with van der Waals surface area (Å²) in [5.41, 5.74) is 6.46. The minimum atomic E-state index is -3.51. The minimum absolute atomic E-state index is 0.344. The van der Waals surface area contributed by atoms with Crippen molar-refractivity contribution < 1.29 is 8.42 Å². The van der Waals surface area contributed by atoms with Crippen molar-refractivity contribution in [3.63, 3.8) is 0 Å². The molecule has 1 saturated heterocycles. The van der Waals surface area contributed by atoms with Crippen molar-refractivity contribution in [2.45, 2.75) is 25.7 Å². The highest BCUT2D eigenvalue weighted by Gasteiger charge is 2.22. The predicted molar refractivity (Wildman–Crippen MR) is 78.4 cm³/mol. The minimum Gasteiger partial charge on any atom is -0.398 e. The van der Waals surface area contributed by atoms with E-state index in [2.05, 4.69) is 4.72 Å². The van der Waals surface area contributed by atoms with E-state index in [1.165, 1.54) is 10.4 Å². The van der Waals surface area contributed by atoms with E-state index in [9.17, 15) is 8.42 Å². The Morgan fingerprint density at radius 3 is 2.37 bits per heavy atom. The van der Waals surface area contributed by atoms with Gasteiger partial charge in [0.2, 0.25) is 0 Å². The van der Waals surface area contributed by atoms with Crippen LogP contribution in [0.1, 0.15) is 25.7 Å². The Hall–Kier alpha value is -0.980. The lowest BCUT2D eigenvalue weighted by Crippen LogP contribution is -2.36. The van der Waals surface area contributed by atoms with E-state index in [-0.39, 0.29) is 0 Å². The fraction of sp³-hybridized carbons (Fsp3) is 0.500. The molecule has 3 N–H and O–H groups in total. The number of benzene rings is 1. The monoisotopic (exact) mass is 303 g/mol. The molecule has 1 fully saturated rings. The maximum absolute atomic E-state index is 12.2. The molecule has 0 bridgehead atoms. The number of halogens is 1. The Morgan fingerprint density at radius 1 is 1.16 bits per heavy atom.